The van der Waals surface area contributed by atoms with Crippen LogP contribution in [0.3, 0.4) is 0 Å². The third kappa shape index (κ3) is 3.86. The van der Waals surface area contributed by atoms with Gasteiger partial charge in [0, 0.05) is 27.3 Å². The number of benzene rings is 7. The molecule has 0 amide bonds. The van der Waals surface area contributed by atoms with Crippen molar-refractivity contribution >= 4 is 43.4 Å². The highest BCUT2D eigenvalue weighted by Crippen LogP contribution is 2.53. The zero-order valence-corrected chi connectivity index (χ0v) is 26.6. The minimum Gasteiger partial charge on any atom is -0.278 e. The Kier molecular flexibility index (Phi) is 5.59. The van der Waals surface area contributed by atoms with E-state index >= 15 is 0 Å². The zero-order valence-electron chi connectivity index (χ0n) is 26.6. The first-order valence-corrected chi connectivity index (χ1v) is 16.5. The standard InChI is InChI=1S/C44H30N4/c1-44(2)36-23-22-28-13-8-9-17-32(28)40(36)35-25-34-33-18-10-11-19-38(33)48(39(34)26-37(35)44)43-46-41(29-14-4-3-5-15-29)45-42(47-43)31-21-20-27-12-6-7-16-30(27)24-31/h3-26H,1-2H3. The van der Waals surface area contributed by atoms with Crippen LogP contribution in [0.25, 0.3) is 83.2 Å². The maximum atomic E-state index is 5.23. The average molecular weight is 615 g/mol. The second-order valence-electron chi connectivity index (χ2n) is 13.3. The first kappa shape index (κ1) is 27.0. The molecule has 7 aromatic carbocycles. The summed E-state index contributed by atoms with van der Waals surface area (Å²) in [5.41, 5.74) is 9.23. The van der Waals surface area contributed by atoms with E-state index in [1.165, 1.54) is 49.2 Å². The maximum absolute atomic E-state index is 5.23. The van der Waals surface area contributed by atoms with Crippen LogP contribution in [0.1, 0.15) is 25.0 Å². The van der Waals surface area contributed by atoms with E-state index in [-0.39, 0.29) is 5.41 Å². The smallest absolute Gasteiger partial charge is 0.238 e. The maximum Gasteiger partial charge on any atom is 0.238 e. The first-order chi connectivity index (χ1) is 23.5. The van der Waals surface area contributed by atoms with Gasteiger partial charge < -0.3 is 0 Å². The summed E-state index contributed by atoms with van der Waals surface area (Å²) in [6.07, 6.45) is 0. The molecule has 0 saturated carbocycles. The van der Waals surface area contributed by atoms with E-state index in [2.05, 4.69) is 146 Å². The fourth-order valence-corrected chi connectivity index (χ4v) is 7.82. The molecule has 0 spiro atoms. The molecule has 1 aliphatic rings. The quantitative estimate of drug-likeness (QED) is 0.199. The van der Waals surface area contributed by atoms with E-state index < -0.39 is 0 Å². The van der Waals surface area contributed by atoms with Crippen LogP contribution in [0.2, 0.25) is 0 Å². The van der Waals surface area contributed by atoms with Gasteiger partial charge in [0.2, 0.25) is 5.95 Å². The normalized spacial score (nSPS) is 13.4. The van der Waals surface area contributed by atoms with Crippen LogP contribution in [0.15, 0.2) is 146 Å². The predicted octanol–water partition coefficient (Wildman–Crippen LogP) is 10.9. The van der Waals surface area contributed by atoms with Crippen LogP contribution < -0.4 is 0 Å². The SMILES string of the molecule is CC1(C)c2cc3c(cc2-c2c1ccc1ccccc21)c1ccccc1n3-c1nc(-c2ccccc2)nc(-c2ccc3ccccc3c2)n1. The van der Waals surface area contributed by atoms with Crippen LogP contribution in [-0.4, -0.2) is 19.5 Å². The Bertz CT molecular complexity index is 2760. The minimum absolute atomic E-state index is 0.172. The Morgan fingerprint density at radius 2 is 1.12 bits per heavy atom. The van der Waals surface area contributed by atoms with E-state index in [0.29, 0.717) is 17.6 Å². The molecule has 226 valence electrons. The predicted molar refractivity (Wildman–Crippen MR) is 198 cm³/mol. The number of para-hydroxylation sites is 1. The van der Waals surface area contributed by atoms with Crippen molar-refractivity contribution in [1.82, 2.24) is 19.5 Å². The van der Waals surface area contributed by atoms with Crippen molar-refractivity contribution in [2.24, 2.45) is 0 Å². The Balaban J connectivity index is 1.28. The van der Waals surface area contributed by atoms with Crippen LogP contribution in [0.5, 0.6) is 0 Å². The highest BCUT2D eigenvalue weighted by Gasteiger charge is 2.37. The summed E-state index contributed by atoms with van der Waals surface area (Å²) >= 11 is 0. The second kappa shape index (κ2) is 9.93. The molecule has 2 aromatic heterocycles. The van der Waals surface area contributed by atoms with Crippen molar-refractivity contribution < 1.29 is 0 Å². The second-order valence-corrected chi connectivity index (χ2v) is 13.3. The fraction of sp³-hybridized carbons (Fsp3) is 0.0682. The van der Waals surface area contributed by atoms with E-state index in [4.69, 9.17) is 15.0 Å². The summed E-state index contributed by atoms with van der Waals surface area (Å²) in [5, 5.41) is 7.27. The van der Waals surface area contributed by atoms with Crippen LogP contribution in [0.4, 0.5) is 0 Å². The van der Waals surface area contributed by atoms with Gasteiger partial charge in [-0.25, -0.2) is 4.98 Å². The topological polar surface area (TPSA) is 43.6 Å². The number of rotatable bonds is 3. The van der Waals surface area contributed by atoms with E-state index in [0.717, 1.165) is 27.5 Å². The number of fused-ring (bicyclic) bond motifs is 9. The van der Waals surface area contributed by atoms with Gasteiger partial charge in [-0.1, -0.05) is 135 Å². The third-order valence-electron chi connectivity index (χ3n) is 10.2. The summed E-state index contributed by atoms with van der Waals surface area (Å²) in [6.45, 7) is 4.69. The first-order valence-electron chi connectivity index (χ1n) is 16.5. The van der Waals surface area contributed by atoms with Gasteiger partial charge in [0.25, 0.3) is 0 Å². The van der Waals surface area contributed by atoms with Crippen LogP contribution >= 0.6 is 0 Å². The summed E-state index contributed by atoms with van der Waals surface area (Å²) < 4.78 is 2.24. The van der Waals surface area contributed by atoms with Gasteiger partial charge in [0.05, 0.1) is 11.0 Å². The molecule has 10 rings (SSSR count). The molecule has 0 unspecified atom stereocenters. The van der Waals surface area contributed by atoms with Crippen molar-refractivity contribution in [3.8, 4) is 39.9 Å². The molecule has 0 atom stereocenters. The fourth-order valence-electron chi connectivity index (χ4n) is 7.82. The molecule has 4 nitrogen and oxygen atoms in total. The summed E-state index contributed by atoms with van der Waals surface area (Å²) in [4.78, 5) is 15.5. The van der Waals surface area contributed by atoms with Gasteiger partial charge in [-0.2, -0.15) is 9.97 Å². The highest BCUT2D eigenvalue weighted by atomic mass is 15.2. The Labute approximate surface area is 278 Å². The summed E-state index contributed by atoms with van der Waals surface area (Å²) in [6, 6.07) is 51.8. The molecule has 0 fully saturated rings. The number of hydrogen-bond acceptors (Lipinski definition) is 3. The van der Waals surface area contributed by atoms with Gasteiger partial charge in [-0.15, -0.1) is 0 Å². The van der Waals surface area contributed by atoms with Crippen molar-refractivity contribution in [3.05, 3.63) is 157 Å². The largest absolute Gasteiger partial charge is 0.278 e. The molecule has 9 aromatic rings. The Morgan fingerprint density at radius 1 is 0.458 bits per heavy atom. The van der Waals surface area contributed by atoms with Gasteiger partial charge in [-0.3, -0.25) is 4.57 Å². The zero-order chi connectivity index (χ0) is 32.0. The molecule has 1 aliphatic carbocycles. The molecule has 48 heavy (non-hydrogen) atoms. The highest BCUT2D eigenvalue weighted by molar-refractivity contribution is 6.13. The minimum atomic E-state index is -0.172. The molecular weight excluding hydrogens is 585 g/mol. The third-order valence-corrected chi connectivity index (χ3v) is 10.2. The lowest BCUT2D eigenvalue weighted by Gasteiger charge is -2.22. The van der Waals surface area contributed by atoms with Crippen molar-refractivity contribution in [2.45, 2.75) is 19.3 Å². The van der Waals surface area contributed by atoms with Crippen molar-refractivity contribution in [1.29, 1.82) is 0 Å². The lowest BCUT2D eigenvalue weighted by Crippen LogP contribution is -2.15. The van der Waals surface area contributed by atoms with E-state index in [1.807, 2.05) is 18.2 Å². The van der Waals surface area contributed by atoms with E-state index in [9.17, 15) is 0 Å². The molecule has 2 heterocycles. The Hall–Kier alpha value is -6.13. The van der Waals surface area contributed by atoms with Crippen LogP contribution in [-0.2, 0) is 5.41 Å². The molecular formula is C44H30N4. The molecule has 0 aliphatic heterocycles. The number of nitrogens with zero attached hydrogens (tertiary/aromatic N) is 4. The summed E-state index contributed by atoms with van der Waals surface area (Å²) in [7, 11) is 0. The molecule has 0 saturated heterocycles. The van der Waals surface area contributed by atoms with Gasteiger partial charge >= 0.3 is 0 Å². The van der Waals surface area contributed by atoms with Crippen molar-refractivity contribution in [3.63, 3.8) is 0 Å². The summed E-state index contributed by atoms with van der Waals surface area (Å²) in [5.74, 6) is 1.91. The van der Waals surface area contributed by atoms with Crippen molar-refractivity contribution in [2.75, 3.05) is 0 Å². The van der Waals surface area contributed by atoms with Crippen LogP contribution in [0, 0.1) is 0 Å². The number of aromatic nitrogens is 4. The average Bonchev–Trinajstić information content (AvgIpc) is 3.58. The number of hydrogen-bond donors (Lipinski definition) is 0. The van der Waals surface area contributed by atoms with Gasteiger partial charge in [0.1, 0.15) is 0 Å². The van der Waals surface area contributed by atoms with Gasteiger partial charge in [-0.05, 0) is 68.1 Å². The molecule has 0 bridgehead atoms. The van der Waals surface area contributed by atoms with Gasteiger partial charge in [0.15, 0.2) is 11.6 Å². The lowest BCUT2D eigenvalue weighted by molar-refractivity contribution is 0.661. The van der Waals surface area contributed by atoms with E-state index in [1.54, 1.807) is 0 Å². The Morgan fingerprint density at radius 3 is 1.96 bits per heavy atom. The monoisotopic (exact) mass is 614 g/mol. The lowest BCUT2D eigenvalue weighted by atomic mass is 9.82. The molecule has 0 radical (unpaired) electrons. The molecule has 4 heteroatoms. The molecule has 0 N–H and O–H groups in total.